The van der Waals surface area contributed by atoms with Gasteiger partial charge in [0.1, 0.15) is 6.10 Å². The lowest BCUT2D eigenvalue weighted by molar-refractivity contribution is -0.144. The predicted octanol–water partition coefficient (Wildman–Crippen LogP) is 13.7. The molecule has 0 unspecified atom stereocenters. The highest BCUT2D eigenvalue weighted by Gasteiger charge is 2.15. The Morgan fingerprint density at radius 3 is 1.28 bits per heavy atom. The van der Waals surface area contributed by atoms with Gasteiger partial charge in [-0.1, -0.05) is 141 Å². The first-order chi connectivity index (χ1) is 29.9. The van der Waals surface area contributed by atoms with E-state index in [0.717, 1.165) is 77.3 Å². The molecule has 0 spiro atoms. The Kier molecular flexibility index (Phi) is 46.7. The van der Waals surface area contributed by atoms with Crippen LogP contribution in [0.3, 0.4) is 0 Å². The lowest BCUT2D eigenvalue weighted by atomic mass is 10.1. The molecule has 9 nitrogen and oxygen atoms in total. The van der Waals surface area contributed by atoms with E-state index in [2.05, 4.69) is 53.7 Å². The molecule has 0 rings (SSSR count). The van der Waals surface area contributed by atoms with Crippen LogP contribution in [-0.2, 0) is 23.8 Å². The quantitative estimate of drug-likeness (QED) is 0.0270. The van der Waals surface area contributed by atoms with E-state index < -0.39 is 6.09 Å². The highest BCUT2D eigenvalue weighted by atomic mass is 16.6. The number of alkyl carbamates (subject to hydrolysis) is 1. The number of rotatable bonds is 47. The van der Waals surface area contributed by atoms with Gasteiger partial charge in [0.2, 0.25) is 0 Å². The SMILES string of the molecule is CCCCCCCC/C=C\CCCCCCCC(=O)OCCCCC(CCCCOC(=O)CCCCCCC/C=C\CCCCCCCC)OC(=O)NCCNCCN(C)C. The van der Waals surface area contributed by atoms with Crippen molar-refractivity contribution in [2.45, 2.75) is 238 Å². The number of hydrogen-bond donors (Lipinski definition) is 2. The van der Waals surface area contributed by atoms with E-state index in [0.29, 0.717) is 52.0 Å². The van der Waals surface area contributed by atoms with E-state index in [9.17, 15) is 14.4 Å². The standard InChI is InChI=1S/C52H99N3O6/c1-5-7-9-11-13-15-17-19-21-23-25-27-29-31-33-41-50(56)59-47-37-35-39-49(61-52(58)54-44-43-53-45-46-55(3)4)40-36-38-48-60-51(57)42-34-32-30-28-26-24-22-20-18-16-14-12-10-8-6-2/h19-22,49,53H,5-18,23-48H2,1-4H3,(H,54,58)/b21-19-,22-20-. The van der Waals surface area contributed by atoms with Crippen LogP contribution >= 0.6 is 0 Å². The third-order valence-electron chi connectivity index (χ3n) is 11.2. The molecule has 0 fully saturated rings. The average molecular weight is 862 g/mol. The number of amides is 1. The first-order valence-electron chi connectivity index (χ1n) is 25.8. The fraction of sp³-hybridized carbons (Fsp3) is 0.865. The molecule has 0 aliphatic rings. The van der Waals surface area contributed by atoms with Gasteiger partial charge in [-0.3, -0.25) is 9.59 Å². The van der Waals surface area contributed by atoms with Crippen LogP contribution in [0.4, 0.5) is 4.79 Å². The molecule has 0 aromatic carbocycles. The molecule has 0 radical (unpaired) electrons. The molecule has 0 atom stereocenters. The number of nitrogens with one attached hydrogen (secondary N) is 2. The third kappa shape index (κ3) is 48.5. The highest BCUT2D eigenvalue weighted by Crippen LogP contribution is 2.16. The molecular formula is C52H99N3O6. The average Bonchev–Trinajstić information content (AvgIpc) is 3.24. The number of unbranched alkanes of at least 4 members (excludes halogenated alkanes) is 24. The molecule has 2 N–H and O–H groups in total. The molecule has 0 saturated heterocycles. The molecule has 0 aromatic heterocycles. The summed E-state index contributed by atoms with van der Waals surface area (Å²) in [6, 6.07) is 0. The fourth-order valence-electron chi connectivity index (χ4n) is 7.28. The van der Waals surface area contributed by atoms with E-state index in [1.165, 1.54) is 128 Å². The molecule has 0 saturated carbocycles. The van der Waals surface area contributed by atoms with Crippen LogP contribution in [0, 0.1) is 0 Å². The molecule has 1 amide bonds. The maximum Gasteiger partial charge on any atom is 0.407 e. The first kappa shape index (κ1) is 58.6. The van der Waals surface area contributed by atoms with Crippen LogP contribution in [-0.4, -0.2) is 82.5 Å². The van der Waals surface area contributed by atoms with Crippen molar-refractivity contribution in [3.63, 3.8) is 0 Å². The lowest BCUT2D eigenvalue weighted by Crippen LogP contribution is -2.36. The number of carbonyl (C=O) groups is 3. The van der Waals surface area contributed by atoms with Crippen LogP contribution in [0.15, 0.2) is 24.3 Å². The molecule has 358 valence electrons. The number of ether oxygens (including phenoxy) is 3. The van der Waals surface area contributed by atoms with Crippen molar-refractivity contribution in [1.82, 2.24) is 15.5 Å². The summed E-state index contributed by atoms with van der Waals surface area (Å²) in [5.41, 5.74) is 0. The summed E-state index contributed by atoms with van der Waals surface area (Å²) in [7, 11) is 4.07. The number of esters is 2. The van der Waals surface area contributed by atoms with E-state index in [1.807, 2.05) is 14.1 Å². The smallest absolute Gasteiger partial charge is 0.407 e. The maximum absolute atomic E-state index is 12.6. The number of hydrogen-bond acceptors (Lipinski definition) is 8. The Hall–Kier alpha value is -2.39. The minimum absolute atomic E-state index is 0.115. The van der Waals surface area contributed by atoms with Crippen molar-refractivity contribution in [3.05, 3.63) is 24.3 Å². The third-order valence-corrected chi connectivity index (χ3v) is 11.2. The van der Waals surface area contributed by atoms with Gasteiger partial charge in [0.15, 0.2) is 0 Å². The molecule has 0 bridgehead atoms. The molecular weight excluding hydrogens is 763 g/mol. The van der Waals surface area contributed by atoms with Crippen LogP contribution in [0.1, 0.15) is 232 Å². The fourth-order valence-corrected chi connectivity index (χ4v) is 7.28. The minimum atomic E-state index is -0.405. The normalized spacial score (nSPS) is 11.7. The first-order valence-corrected chi connectivity index (χ1v) is 25.8. The van der Waals surface area contributed by atoms with Crippen LogP contribution < -0.4 is 10.6 Å². The summed E-state index contributed by atoms with van der Waals surface area (Å²) in [6.45, 7) is 8.30. The molecule has 0 aliphatic heterocycles. The molecule has 61 heavy (non-hydrogen) atoms. The molecule has 0 aliphatic carbocycles. The molecule has 0 aromatic rings. The second kappa shape index (κ2) is 48.6. The van der Waals surface area contributed by atoms with Gasteiger partial charge in [-0.2, -0.15) is 0 Å². The summed E-state index contributed by atoms with van der Waals surface area (Å²) in [6.07, 6.45) is 46.4. The number of nitrogens with zero attached hydrogens (tertiary/aromatic N) is 1. The zero-order valence-corrected chi connectivity index (χ0v) is 40.6. The van der Waals surface area contributed by atoms with Gasteiger partial charge in [-0.05, 0) is 117 Å². The topological polar surface area (TPSA) is 106 Å². The summed E-state index contributed by atoms with van der Waals surface area (Å²) in [5.74, 6) is -0.230. The van der Waals surface area contributed by atoms with Gasteiger partial charge in [0.25, 0.3) is 0 Å². The van der Waals surface area contributed by atoms with Crippen LogP contribution in [0.25, 0.3) is 0 Å². The van der Waals surface area contributed by atoms with E-state index in [1.54, 1.807) is 0 Å². The minimum Gasteiger partial charge on any atom is -0.466 e. The molecule has 9 heteroatoms. The van der Waals surface area contributed by atoms with E-state index >= 15 is 0 Å². The summed E-state index contributed by atoms with van der Waals surface area (Å²) in [4.78, 5) is 39.3. The van der Waals surface area contributed by atoms with Gasteiger partial charge >= 0.3 is 18.0 Å². The highest BCUT2D eigenvalue weighted by molar-refractivity contribution is 5.69. The second-order valence-electron chi connectivity index (χ2n) is 17.6. The van der Waals surface area contributed by atoms with Crippen molar-refractivity contribution in [3.8, 4) is 0 Å². The Morgan fingerprint density at radius 1 is 0.475 bits per heavy atom. The van der Waals surface area contributed by atoms with Gasteiger partial charge in [0.05, 0.1) is 13.2 Å². The van der Waals surface area contributed by atoms with Gasteiger partial charge < -0.3 is 29.7 Å². The summed E-state index contributed by atoms with van der Waals surface area (Å²) >= 11 is 0. The Morgan fingerprint density at radius 2 is 0.869 bits per heavy atom. The Bertz CT molecular complexity index is 957. The van der Waals surface area contributed by atoms with E-state index in [-0.39, 0.29) is 18.0 Å². The lowest BCUT2D eigenvalue weighted by Gasteiger charge is -2.19. The zero-order chi connectivity index (χ0) is 44.5. The van der Waals surface area contributed by atoms with Crippen molar-refractivity contribution in [1.29, 1.82) is 0 Å². The predicted molar refractivity (Wildman–Crippen MR) is 258 cm³/mol. The Labute approximate surface area is 377 Å². The van der Waals surface area contributed by atoms with Crippen molar-refractivity contribution in [2.75, 3.05) is 53.5 Å². The van der Waals surface area contributed by atoms with E-state index in [4.69, 9.17) is 14.2 Å². The summed E-state index contributed by atoms with van der Waals surface area (Å²) < 4.78 is 16.8. The van der Waals surface area contributed by atoms with Gasteiger partial charge in [0, 0.05) is 39.0 Å². The summed E-state index contributed by atoms with van der Waals surface area (Å²) in [5, 5.41) is 6.18. The second-order valence-corrected chi connectivity index (χ2v) is 17.6. The van der Waals surface area contributed by atoms with Crippen molar-refractivity contribution >= 4 is 18.0 Å². The number of likely N-dealkylation sites (N-methyl/N-ethyl adjacent to an activating group) is 1. The number of carbonyl (C=O) groups excluding carboxylic acids is 3. The number of allylic oxidation sites excluding steroid dienone is 4. The van der Waals surface area contributed by atoms with Crippen LogP contribution in [0.5, 0.6) is 0 Å². The Balaban J connectivity index is 4.15. The zero-order valence-electron chi connectivity index (χ0n) is 40.6. The largest absolute Gasteiger partial charge is 0.466 e. The van der Waals surface area contributed by atoms with Crippen molar-refractivity contribution in [2.24, 2.45) is 0 Å². The molecule has 0 heterocycles. The van der Waals surface area contributed by atoms with Crippen molar-refractivity contribution < 1.29 is 28.6 Å². The monoisotopic (exact) mass is 862 g/mol. The van der Waals surface area contributed by atoms with Crippen LogP contribution in [0.2, 0.25) is 0 Å². The van der Waals surface area contributed by atoms with Gasteiger partial charge in [-0.15, -0.1) is 0 Å². The van der Waals surface area contributed by atoms with Gasteiger partial charge in [-0.25, -0.2) is 4.79 Å². The maximum atomic E-state index is 12.6.